The molecule has 4 heteroatoms. The predicted octanol–water partition coefficient (Wildman–Crippen LogP) is 3.80. The van der Waals surface area contributed by atoms with E-state index in [-0.39, 0.29) is 5.82 Å². The van der Waals surface area contributed by atoms with Crippen LogP contribution in [0.3, 0.4) is 0 Å². The Hall–Kier alpha value is -0.900. The molecule has 0 bridgehead atoms. The number of hydrogen-bond donors (Lipinski definition) is 1. The van der Waals surface area contributed by atoms with E-state index in [1.54, 1.807) is 6.07 Å². The fraction of sp³-hybridized carbons (Fsp3) is 0.300. The highest BCUT2D eigenvalue weighted by atomic mass is 79.9. The molecule has 0 spiro atoms. The van der Waals surface area contributed by atoms with Crippen molar-refractivity contribution in [2.24, 2.45) is 0 Å². The lowest BCUT2D eigenvalue weighted by atomic mass is 10.2. The van der Waals surface area contributed by atoms with Crippen molar-refractivity contribution in [3.05, 3.63) is 28.1 Å². The number of benzene rings is 1. The van der Waals surface area contributed by atoms with Crippen LogP contribution in [0.25, 0.3) is 10.9 Å². The molecule has 1 N–H and O–H groups in total. The number of nitrogens with zero attached hydrogens (tertiary/aromatic N) is 1. The standard InChI is InChI=1S/C8H6BrFN2.C2H6/c1-4-5-2-7(10)6(9)3-8(5)12-11-4;1-2/h2-3H,1H3,(H,11,12);1-2H3. The molecule has 0 fully saturated rings. The fourth-order valence-electron chi connectivity index (χ4n) is 1.13. The number of rotatable bonds is 0. The van der Waals surface area contributed by atoms with E-state index in [2.05, 4.69) is 26.1 Å². The average molecular weight is 259 g/mol. The topological polar surface area (TPSA) is 28.7 Å². The Labute approximate surface area is 90.6 Å². The molecule has 0 saturated heterocycles. The molecular weight excluding hydrogens is 247 g/mol. The lowest BCUT2D eigenvalue weighted by Gasteiger charge is -1.93. The third-order valence-electron chi connectivity index (χ3n) is 1.79. The number of halogens is 2. The molecule has 0 amide bonds. The van der Waals surface area contributed by atoms with Gasteiger partial charge in [-0.05, 0) is 35.0 Å². The predicted molar refractivity (Wildman–Crippen MR) is 59.8 cm³/mol. The third kappa shape index (κ3) is 1.95. The number of aryl methyl sites for hydroxylation is 1. The van der Waals surface area contributed by atoms with E-state index in [1.165, 1.54) is 6.07 Å². The zero-order valence-electron chi connectivity index (χ0n) is 8.36. The molecule has 2 nitrogen and oxygen atoms in total. The Bertz CT molecular complexity index is 437. The maximum absolute atomic E-state index is 13.0. The average Bonchev–Trinajstić information content (AvgIpc) is 2.53. The van der Waals surface area contributed by atoms with Gasteiger partial charge in [0, 0.05) is 11.1 Å². The van der Waals surface area contributed by atoms with Crippen molar-refractivity contribution >= 4 is 26.8 Å². The summed E-state index contributed by atoms with van der Waals surface area (Å²) in [6, 6.07) is 3.13. The van der Waals surface area contributed by atoms with E-state index in [0.29, 0.717) is 4.47 Å². The highest BCUT2D eigenvalue weighted by molar-refractivity contribution is 9.10. The SMILES string of the molecule is CC.Cc1[nH]nc2cc(Br)c(F)cc12. The van der Waals surface area contributed by atoms with Crippen molar-refractivity contribution < 1.29 is 4.39 Å². The van der Waals surface area contributed by atoms with Crippen molar-refractivity contribution in [2.45, 2.75) is 20.8 Å². The molecule has 1 aromatic heterocycles. The van der Waals surface area contributed by atoms with Gasteiger partial charge in [-0.25, -0.2) is 4.39 Å². The van der Waals surface area contributed by atoms with Crippen molar-refractivity contribution in [1.82, 2.24) is 10.2 Å². The smallest absolute Gasteiger partial charge is 0.138 e. The van der Waals surface area contributed by atoms with Crippen molar-refractivity contribution in [2.75, 3.05) is 0 Å². The zero-order chi connectivity index (χ0) is 10.7. The van der Waals surface area contributed by atoms with E-state index < -0.39 is 0 Å². The lowest BCUT2D eigenvalue weighted by Crippen LogP contribution is -1.77. The summed E-state index contributed by atoms with van der Waals surface area (Å²) >= 11 is 3.10. The van der Waals surface area contributed by atoms with Gasteiger partial charge < -0.3 is 0 Å². The number of fused-ring (bicyclic) bond motifs is 1. The first-order valence-electron chi connectivity index (χ1n) is 4.48. The van der Waals surface area contributed by atoms with Gasteiger partial charge in [-0.2, -0.15) is 5.10 Å². The van der Waals surface area contributed by atoms with E-state index in [0.717, 1.165) is 16.6 Å². The molecule has 0 unspecified atom stereocenters. The van der Waals surface area contributed by atoms with Crippen molar-refractivity contribution in [3.63, 3.8) is 0 Å². The normalized spacial score (nSPS) is 9.79. The Morgan fingerprint density at radius 3 is 2.64 bits per heavy atom. The minimum absolute atomic E-state index is 0.257. The summed E-state index contributed by atoms with van der Waals surface area (Å²) in [6.07, 6.45) is 0. The van der Waals surface area contributed by atoms with Gasteiger partial charge in [0.2, 0.25) is 0 Å². The summed E-state index contributed by atoms with van der Waals surface area (Å²) in [6.45, 7) is 5.86. The Kier molecular flexibility index (Phi) is 3.63. The van der Waals surface area contributed by atoms with Crippen LogP contribution in [0.4, 0.5) is 4.39 Å². The Morgan fingerprint density at radius 2 is 2.00 bits per heavy atom. The van der Waals surface area contributed by atoms with E-state index in [1.807, 2.05) is 20.8 Å². The molecule has 76 valence electrons. The third-order valence-corrected chi connectivity index (χ3v) is 2.39. The van der Waals surface area contributed by atoms with Gasteiger partial charge in [0.15, 0.2) is 0 Å². The first kappa shape index (κ1) is 11.2. The van der Waals surface area contributed by atoms with Gasteiger partial charge in [-0.3, -0.25) is 5.10 Å². The van der Waals surface area contributed by atoms with Crippen LogP contribution in [0.15, 0.2) is 16.6 Å². The van der Waals surface area contributed by atoms with Crippen LogP contribution in [0.5, 0.6) is 0 Å². The molecule has 0 saturated carbocycles. The van der Waals surface area contributed by atoms with Crippen molar-refractivity contribution in [3.8, 4) is 0 Å². The van der Waals surface area contributed by atoms with E-state index in [9.17, 15) is 4.39 Å². The molecule has 2 aromatic rings. The van der Waals surface area contributed by atoms with Crippen LogP contribution in [-0.2, 0) is 0 Å². The summed E-state index contributed by atoms with van der Waals surface area (Å²) in [4.78, 5) is 0. The van der Waals surface area contributed by atoms with Gasteiger partial charge >= 0.3 is 0 Å². The summed E-state index contributed by atoms with van der Waals surface area (Å²) in [5.74, 6) is -0.257. The Morgan fingerprint density at radius 1 is 1.36 bits per heavy atom. The molecular formula is C10H12BrFN2. The second-order valence-electron chi connectivity index (χ2n) is 2.63. The van der Waals surface area contributed by atoms with Crippen LogP contribution in [0.1, 0.15) is 19.5 Å². The molecule has 0 aliphatic heterocycles. The van der Waals surface area contributed by atoms with Gasteiger partial charge in [0.25, 0.3) is 0 Å². The number of nitrogens with one attached hydrogen (secondary N) is 1. The number of H-pyrrole nitrogens is 1. The molecule has 14 heavy (non-hydrogen) atoms. The quantitative estimate of drug-likeness (QED) is 0.765. The fourth-order valence-corrected chi connectivity index (χ4v) is 1.46. The van der Waals surface area contributed by atoms with Gasteiger partial charge in [0.05, 0.1) is 9.99 Å². The van der Waals surface area contributed by atoms with Gasteiger partial charge in [0.1, 0.15) is 5.82 Å². The van der Waals surface area contributed by atoms with Crippen LogP contribution in [0.2, 0.25) is 0 Å². The van der Waals surface area contributed by atoms with Crippen LogP contribution < -0.4 is 0 Å². The van der Waals surface area contributed by atoms with Crippen molar-refractivity contribution in [1.29, 1.82) is 0 Å². The molecule has 0 aliphatic rings. The van der Waals surface area contributed by atoms with E-state index >= 15 is 0 Å². The monoisotopic (exact) mass is 258 g/mol. The minimum atomic E-state index is -0.257. The molecule has 0 aliphatic carbocycles. The highest BCUT2D eigenvalue weighted by Crippen LogP contribution is 2.23. The molecule has 0 atom stereocenters. The number of aromatic amines is 1. The Balaban J connectivity index is 0.000000461. The minimum Gasteiger partial charge on any atom is -0.282 e. The second kappa shape index (κ2) is 4.55. The van der Waals surface area contributed by atoms with Crippen LogP contribution in [-0.4, -0.2) is 10.2 Å². The molecule has 2 rings (SSSR count). The zero-order valence-corrected chi connectivity index (χ0v) is 9.94. The lowest BCUT2D eigenvalue weighted by molar-refractivity contribution is 0.623. The second-order valence-corrected chi connectivity index (χ2v) is 3.49. The van der Waals surface area contributed by atoms with Crippen LogP contribution >= 0.6 is 15.9 Å². The maximum atomic E-state index is 13.0. The summed E-state index contributed by atoms with van der Waals surface area (Å²) in [7, 11) is 0. The van der Waals surface area contributed by atoms with E-state index in [4.69, 9.17) is 0 Å². The summed E-state index contributed by atoms with van der Waals surface area (Å²) < 4.78 is 13.5. The number of aromatic nitrogens is 2. The molecule has 0 radical (unpaired) electrons. The highest BCUT2D eigenvalue weighted by Gasteiger charge is 2.05. The van der Waals surface area contributed by atoms with Gasteiger partial charge in [-0.1, -0.05) is 13.8 Å². The maximum Gasteiger partial charge on any atom is 0.138 e. The first-order valence-corrected chi connectivity index (χ1v) is 5.27. The molecule has 1 aromatic carbocycles. The first-order chi connectivity index (χ1) is 6.68. The largest absolute Gasteiger partial charge is 0.282 e. The van der Waals surface area contributed by atoms with Gasteiger partial charge in [-0.15, -0.1) is 0 Å². The molecule has 1 heterocycles. The number of hydrogen-bond acceptors (Lipinski definition) is 1. The summed E-state index contributed by atoms with van der Waals surface area (Å²) in [5, 5.41) is 7.62. The summed E-state index contributed by atoms with van der Waals surface area (Å²) in [5.41, 5.74) is 1.66. The van der Waals surface area contributed by atoms with Crippen LogP contribution in [0, 0.1) is 12.7 Å².